The molecule has 0 saturated carbocycles. The second-order valence-electron chi connectivity index (χ2n) is 3.57. The third kappa shape index (κ3) is 2.65. The summed E-state index contributed by atoms with van der Waals surface area (Å²) in [6.45, 7) is 1.44. The van der Waals surface area contributed by atoms with E-state index in [0.29, 0.717) is 11.3 Å². The number of aromatic nitrogens is 1. The van der Waals surface area contributed by atoms with Crippen LogP contribution in [0.25, 0.3) is 0 Å². The SMILES string of the molecule is CC(=O)c1cc(Br)ccc1NC(=O)c1cocn1. The minimum absolute atomic E-state index is 0.133. The number of nitrogens with zero attached hydrogens (tertiary/aromatic N) is 1. The van der Waals surface area contributed by atoms with Crippen LogP contribution in [-0.2, 0) is 0 Å². The number of anilines is 1. The van der Waals surface area contributed by atoms with E-state index >= 15 is 0 Å². The van der Waals surface area contributed by atoms with Gasteiger partial charge in [0.25, 0.3) is 5.91 Å². The number of benzene rings is 1. The maximum absolute atomic E-state index is 11.8. The molecule has 0 aliphatic rings. The third-order valence-corrected chi connectivity index (χ3v) is 2.77. The van der Waals surface area contributed by atoms with Crippen molar-refractivity contribution in [2.24, 2.45) is 0 Å². The van der Waals surface area contributed by atoms with E-state index in [1.165, 1.54) is 19.6 Å². The van der Waals surface area contributed by atoms with Crippen LogP contribution in [-0.4, -0.2) is 16.7 Å². The van der Waals surface area contributed by atoms with Gasteiger partial charge in [-0.2, -0.15) is 0 Å². The number of hydrogen-bond acceptors (Lipinski definition) is 4. The molecule has 92 valence electrons. The quantitative estimate of drug-likeness (QED) is 0.885. The highest BCUT2D eigenvalue weighted by molar-refractivity contribution is 9.10. The largest absolute Gasteiger partial charge is 0.451 e. The van der Waals surface area contributed by atoms with Crippen LogP contribution in [0.4, 0.5) is 5.69 Å². The molecule has 1 aromatic carbocycles. The molecule has 2 aromatic rings. The Morgan fingerprint density at radius 2 is 2.17 bits per heavy atom. The number of Topliss-reactive ketones (excluding diaryl/α,β-unsaturated/α-hetero) is 1. The Morgan fingerprint density at radius 1 is 1.39 bits per heavy atom. The zero-order valence-electron chi connectivity index (χ0n) is 9.44. The van der Waals surface area contributed by atoms with Crippen LogP contribution in [0.5, 0.6) is 0 Å². The molecule has 0 radical (unpaired) electrons. The van der Waals surface area contributed by atoms with Crippen molar-refractivity contribution in [1.82, 2.24) is 4.98 Å². The number of carbonyl (C=O) groups excluding carboxylic acids is 2. The Morgan fingerprint density at radius 3 is 2.78 bits per heavy atom. The van der Waals surface area contributed by atoms with Crippen LogP contribution in [0.1, 0.15) is 27.8 Å². The number of halogens is 1. The van der Waals surface area contributed by atoms with Gasteiger partial charge in [-0.05, 0) is 25.1 Å². The summed E-state index contributed by atoms with van der Waals surface area (Å²) in [5.74, 6) is -0.555. The highest BCUT2D eigenvalue weighted by Gasteiger charge is 2.13. The molecule has 0 unspecified atom stereocenters. The molecule has 5 nitrogen and oxygen atoms in total. The first-order chi connectivity index (χ1) is 8.58. The van der Waals surface area contributed by atoms with Crippen LogP contribution in [0.2, 0.25) is 0 Å². The standard InChI is InChI=1S/C12H9BrN2O3/c1-7(16)9-4-8(13)2-3-10(9)15-12(17)11-5-18-6-14-11/h2-6H,1H3,(H,15,17). The van der Waals surface area contributed by atoms with Gasteiger partial charge in [0, 0.05) is 10.0 Å². The summed E-state index contributed by atoms with van der Waals surface area (Å²) in [5, 5.41) is 2.62. The first kappa shape index (κ1) is 12.5. The molecule has 0 aliphatic carbocycles. The molecule has 1 heterocycles. The summed E-state index contributed by atoms with van der Waals surface area (Å²) in [4.78, 5) is 27.0. The fraction of sp³-hybridized carbons (Fsp3) is 0.0833. The molecule has 0 saturated heterocycles. The smallest absolute Gasteiger partial charge is 0.277 e. The van der Waals surface area contributed by atoms with Crippen molar-refractivity contribution in [1.29, 1.82) is 0 Å². The average molecular weight is 309 g/mol. The number of hydrogen-bond donors (Lipinski definition) is 1. The molecule has 0 aliphatic heterocycles. The molecule has 0 bridgehead atoms. The van der Waals surface area contributed by atoms with Crippen molar-refractivity contribution >= 4 is 33.3 Å². The lowest BCUT2D eigenvalue weighted by atomic mass is 10.1. The van der Waals surface area contributed by atoms with Gasteiger partial charge in [0.1, 0.15) is 6.26 Å². The van der Waals surface area contributed by atoms with Crippen molar-refractivity contribution < 1.29 is 14.0 Å². The van der Waals surface area contributed by atoms with Gasteiger partial charge in [0.2, 0.25) is 0 Å². The predicted molar refractivity (Wildman–Crippen MR) is 68.6 cm³/mol. The molecule has 1 amide bonds. The summed E-state index contributed by atoms with van der Waals surface area (Å²) < 4.78 is 5.49. The number of nitrogens with one attached hydrogen (secondary N) is 1. The van der Waals surface area contributed by atoms with E-state index in [2.05, 4.69) is 26.2 Å². The van der Waals surface area contributed by atoms with Gasteiger partial charge in [-0.25, -0.2) is 4.98 Å². The van der Waals surface area contributed by atoms with Crippen LogP contribution in [0.3, 0.4) is 0 Å². The molecule has 0 atom stereocenters. The van der Waals surface area contributed by atoms with Gasteiger partial charge in [-0.3, -0.25) is 9.59 Å². The molecular weight excluding hydrogens is 300 g/mol. The monoisotopic (exact) mass is 308 g/mol. The van der Waals surface area contributed by atoms with E-state index in [1.54, 1.807) is 18.2 Å². The molecule has 1 N–H and O–H groups in total. The maximum Gasteiger partial charge on any atom is 0.277 e. The second kappa shape index (κ2) is 5.14. The van der Waals surface area contributed by atoms with E-state index in [1.807, 2.05) is 0 Å². The Labute approximate surface area is 111 Å². The maximum atomic E-state index is 11.8. The molecule has 2 rings (SSSR count). The van der Waals surface area contributed by atoms with E-state index in [9.17, 15) is 9.59 Å². The van der Waals surface area contributed by atoms with Gasteiger partial charge < -0.3 is 9.73 Å². The minimum atomic E-state index is -0.423. The zero-order chi connectivity index (χ0) is 13.1. The first-order valence-corrected chi connectivity index (χ1v) is 5.87. The Hall–Kier alpha value is -1.95. The number of amides is 1. The Bertz CT molecular complexity index is 593. The molecule has 18 heavy (non-hydrogen) atoms. The average Bonchev–Trinajstić information content (AvgIpc) is 2.84. The van der Waals surface area contributed by atoms with Gasteiger partial charge in [0.05, 0.1) is 5.69 Å². The molecule has 0 spiro atoms. The van der Waals surface area contributed by atoms with Crippen molar-refractivity contribution in [3.05, 3.63) is 46.6 Å². The van der Waals surface area contributed by atoms with Crippen LogP contribution >= 0.6 is 15.9 Å². The van der Waals surface area contributed by atoms with Gasteiger partial charge in [-0.1, -0.05) is 15.9 Å². The molecule has 6 heteroatoms. The van der Waals surface area contributed by atoms with E-state index in [4.69, 9.17) is 4.42 Å². The number of ketones is 1. The fourth-order valence-electron chi connectivity index (χ4n) is 1.43. The number of rotatable bonds is 3. The van der Waals surface area contributed by atoms with Crippen LogP contribution in [0.15, 0.2) is 39.7 Å². The molecule has 1 aromatic heterocycles. The lowest BCUT2D eigenvalue weighted by molar-refractivity contribution is 0.101. The Kier molecular flexibility index (Phi) is 3.57. The highest BCUT2D eigenvalue weighted by Crippen LogP contribution is 2.22. The van der Waals surface area contributed by atoms with E-state index < -0.39 is 5.91 Å². The number of carbonyl (C=O) groups is 2. The van der Waals surface area contributed by atoms with Crippen LogP contribution in [0, 0.1) is 0 Å². The van der Waals surface area contributed by atoms with E-state index in [0.717, 1.165) is 4.47 Å². The van der Waals surface area contributed by atoms with Gasteiger partial charge >= 0.3 is 0 Å². The van der Waals surface area contributed by atoms with Gasteiger partial charge in [0.15, 0.2) is 17.9 Å². The highest BCUT2D eigenvalue weighted by atomic mass is 79.9. The first-order valence-electron chi connectivity index (χ1n) is 5.08. The summed E-state index contributed by atoms with van der Waals surface area (Å²) in [5.41, 5.74) is 1.03. The molecular formula is C12H9BrN2O3. The van der Waals surface area contributed by atoms with Crippen molar-refractivity contribution in [3.8, 4) is 0 Å². The normalized spacial score (nSPS) is 10.1. The van der Waals surface area contributed by atoms with Gasteiger partial charge in [-0.15, -0.1) is 0 Å². The summed E-state index contributed by atoms with van der Waals surface area (Å²) >= 11 is 3.28. The van der Waals surface area contributed by atoms with Crippen molar-refractivity contribution in [3.63, 3.8) is 0 Å². The Balaban J connectivity index is 2.29. The third-order valence-electron chi connectivity index (χ3n) is 2.27. The lowest BCUT2D eigenvalue weighted by Crippen LogP contribution is -2.14. The number of oxazole rings is 1. The minimum Gasteiger partial charge on any atom is -0.451 e. The lowest BCUT2D eigenvalue weighted by Gasteiger charge is -2.08. The molecule has 0 fully saturated rings. The van der Waals surface area contributed by atoms with Crippen molar-refractivity contribution in [2.75, 3.05) is 5.32 Å². The fourth-order valence-corrected chi connectivity index (χ4v) is 1.79. The topological polar surface area (TPSA) is 72.2 Å². The zero-order valence-corrected chi connectivity index (χ0v) is 11.0. The van der Waals surface area contributed by atoms with E-state index in [-0.39, 0.29) is 11.5 Å². The summed E-state index contributed by atoms with van der Waals surface area (Å²) in [6, 6.07) is 5.05. The summed E-state index contributed by atoms with van der Waals surface area (Å²) in [7, 11) is 0. The predicted octanol–water partition coefficient (Wildman–Crippen LogP) is 2.89. The van der Waals surface area contributed by atoms with Crippen molar-refractivity contribution in [2.45, 2.75) is 6.92 Å². The second-order valence-corrected chi connectivity index (χ2v) is 4.49. The van der Waals surface area contributed by atoms with Crippen LogP contribution < -0.4 is 5.32 Å². The summed E-state index contributed by atoms with van der Waals surface area (Å²) in [6.07, 6.45) is 2.41.